The predicted molar refractivity (Wildman–Crippen MR) is 54.7 cm³/mol. The van der Waals surface area contributed by atoms with Gasteiger partial charge in [-0.25, -0.2) is 0 Å². The van der Waals surface area contributed by atoms with Gasteiger partial charge in [-0.15, -0.1) is 0 Å². The first-order valence-corrected chi connectivity index (χ1v) is 5.95. The summed E-state index contributed by atoms with van der Waals surface area (Å²) < 4.78 is 5.61. The summed E-state index contributed by atoms with van der Waals surface area (Å²) in [5.41, 5.74) is 0. The zero-order valence-corrected chi connectivity index (χ0v) is 8.80. The number of hydrogen-bond acceptors (Lipinski definition) is 1. The highest BCUT2D eigenvalue weighted by Gasteiger charge is 2.30. The summed E-state index contributed by atoms with van der Waals surface area (Å²) in [7, 11) is 0. The van der Waals surface area contributed by atoms with Gasteiger partial charge in [-0.05, 0) is 24.2 Å². The van der Waals surface area contributed by atoms with E-state index in [2.05, 4.69) is 6.92 Å². The Morgan fingerprint density at radius 1 is 1.00 bits per heavy atom. The molecule has 0 radical (unpaired) electrons. The molecule has 1 saturated carbocycles. The van der Waals surface area contributed by atoms with Crippen molar-refractivity contribution >= 4 is 0 Å². The first-order valence-electron chi connectivity index (χ1n) is 5.95. The lowest BCUT2D eigenvalue weighted by Crippen LogP contribution is -2.32. The van der Waals surface area contributed by atoms with Gasteiger partial charge in [0, 0.05) is 13.2 Å². The molecule has 0 aromatic rings. The molecular weight excluding hydrogens is 160 g/mol. The molecule has 0 amide bonds. The number of ether oxygens (including phenoxy) is 1. The minimum absolute atomic E-state index is 0.883. The Kier molecular flexibility index (Phi) is 3.26. The predicted octanol–water partition coefficient (Wildman–Crippen LogP) is 3.24. The molecule has 2 atom stereocenters. The van der Waals surface area contributed by atoms with Crippen molar-refractivity contribution in [3.8, 4) is 0 Å². The van der Waals surface area contributed by atoms with Crippen LogP contribution in [0.5, 0.6) is 0 Å². The van der Waals surface area contributed by atoms with E-state index in [1.165, 1.54) is 38.5 Å². The van der Waals surface area contributed by atoms with Gasteiger partial charge in [-0.3, -0.25) is 0 Å². The van der Waals surface area contributed by atoms with E-state index >= 15 is 0 Å². The van der Waals surface area contributed by atoms with Crippen LogP contribution < -0.4 is 0 Å². The lowest BCUT2D eigenvalue weighted by molar-refractivity contribution is -0.0107. The van der Waals surface area contributed by atoms with Crippen molar-refractivity contribution in [2.24, 2.45) is 17.8 Å². The van der Waals surface area contributed by atoms with Gasteiger partial charge in [0.1, 0.15) is 0 Å². The Bertz CT molecular complexity index is 149. The maximum absolute atomic E-state index is 5.61. The van der Waals surface area contributed by atoms with E-state index in [0.717, 1.165) is 31.0 Å². The average molecular weight is 182 g/mol. The molecule has 2 aliphatic rings. The smallest absolute Gasteiger partial charge is 0.0499 e. The van der Waals surface area contributed by atoms with Crippen LogP contribution in [0.4, 0.5) is 0 Å². The largest absolute Gasteiger partial charge is 0.381 e. The Morgan fingerprint density at radius 3 is 2.46 bits per heavy atom. The average Bonchev–Trinajstić information content (AvgIpc) is 2.20. The Balaban J connectivity index is 1.88. The molecule has 13 heavy (non-hydrogen) atoms. The summed E-state index contributed by atoms with van der Waals surface area (Å²) in [6, 6.07) is 0. The molecule has 2 rings (SSSR count). The highest BCUT2D eigenvalue weighted by Crippen LogP contribution is 2.36. The van der Waals surface area contributed by atoms with Crippen molar-refractivity contribution in [2.75, 3.05) is 13.2 Å². The molecule has 1 aliphatic heterocycles. The van der Waals surface area contributed by atoms with E-state index < -0.39 is 0 Å². The van der Waals surface area contributed by atoms with Gasteiger partial charge in [0.25, 0.3) is 0 Å². The normalized spacial score (nSPS) is 37.6. The lowest BCUT2D eigenvalue weighted by atomic mass is 9.73. The Hall–Kier alpha value is -0.0400. The van der Waals surface area contributed by atoms with Gasteiger partial charge in [0.05, 0.1) is 0 Å². The number of rotatable bonds is 1. The first-order chi connectivity index (χ1) is 6.38. The van der Waals surface area contributed by atoms with Crippen LogP contribution in [0, 0.1) is 17.8 Å². The summed E-state index contributed by atoms with van der Waals surface area (Å²) >= 11 is 0. The lowest BCUT2D eigenvalue weighted by Gasteiger charge is -2.37. The van der Waals surface area contributed by atoms with Crippen molar-refractivity contribution in [2.45, 2.75) is 45.4 Å². The van der Waals surface area contributed by atoms with Crippen molar-refractivity contribution in [3.05, 3.63) is 0 Å². The maximum Gasteiger partial charge on any atom is 0.0499 e. The molecular formula is C12H22O. The summed E-state index contributed by atoms with van der Waals surface area (Å²) in [5.74, 6) is 2.79. The standard InChI is InChI=1S/C12H22O/c1-10-7-8-13-9-12(10)11-5-3-2-4-6-11/h10-12H,2-9H2,1H3. The van der Waals surface area contributed by atoms with Crippen molar-refractivity contribution in [1.82, 2.24) is 0 Å². The van der Waals surface area contributed by atoms with E-state index in [0.29, 0.717) is 0 Å². The third-order valence-electron chi connectivity index (χ3n) is 4.01. The van der Waals surface area contributed by atoms with Crippen LogP contribution in [0.3, 0.4) is 0 Å². The summed E-state index contributed by atoms with van der Waals surface area (Å²) in [6.07, 6.45) is 8.64. The molecule has 1 heteroatoms. The van der Waals surface area contributed by atoms with Gasteiger partial charge >= 0.3 is 0 Å². The van der Waals surface area contributed by atoms with Crippen LogP contribution >= 0.6 is 0 Å². The highest BCUT2D eigenvalue weighted by atomic mass is 16.5. The molecule has 1 nitrogen and oxygen atoms in total. The molecule has 0 spiro atoms. The molecule has 1 heterocycles. The fraction of sp³-hybridized carbons (Fsp3) is 1.00. The Labute approximate surface area is 81.9 Å². The number of hydrogen-bond donors (Lipinski definition) is 0. The summed E-state index contributed by atoms with van der Waals surface area (Å²) in [5, 5.41) is 0. The fourth-order valence-electron chi connectivity index (χ4n) is 3.03. The van der Waals surface area contributed by atoms with Crippen LogP contribution in [0.25, 0.3) is 0 Å². The monoisotopic (exact) mass is 182 g/mol. The van der Waals surface area contributed by atoms with Crippen LogP contribution in [0.2, 0.25) is 0 Å². The molecule has 0 bridgehead atoms. The van der Waals surface area contributed by atoms with Crippen LogP contribution in [-0.2, 0) is 4.74 Å². The second kappa shape index (κ2) is 4.45. The topological polar surface area (TPSA) is 9.23 Å². The summed E-state index contributed by atoms with van der Waals surface area (Å²) in [6.45, 7) is 4.47. The second-order valence-corrected chi connectivity index (χ2v) is 4.90. The second-order valence-electron chi connectivity index (χ2n) is 4.90. The first kappa shape index (κ1) is 9.51. The summed E-state index contributed by atoms with van der Waals surface area (Å²) in [4.78, 5) is 0. The minimum atomic E-state index is 0.883. The van der Waals surface area contributed by atoms with Gasteiger partial charge in [-0.2, -0.15) is 0 Å². The minimum Gasteiger partial charge on any atom is -0.381 e. The van der Waals surface area contributed by atoms with Gasteiger partial charge in [0.2, 0.25) is 0 Å². The fourth-order valence-corrected chi connectivity index (χ4v) is 3.03. The highest BCUT2D eigenvalue weighted by molar-refractivity contribution is 4.79. The Morgan fingerprint density at radius 2 is 1.77 bits per heavy atom. The van der Waals surface area contributed by atoms with Crippen molar-refractivity contribution in [1.29, 1.82) is 0 Å². The van der Waals surface area contributed by atoms with Gasteiger partial charge in [0.15, 0.2) is 0 Å². The third-order valence-corrected chi connectivity index (χ3v) is 4.01. The van der Waals surface area contributed by atoms with E-state index in [1.807, 2.05) is 0 Å². The third kappa shape index (κ3) is 2.25. The molecule has 1 aliphatic carbocycles. The maximum atomic E-state index is 5.61. The quantitative estimate of drug-likeness (QED) is 0.605. The van der Waals surface area contributed by atoms with Crippen LogP contribution in [0.15, 0.2) is 0 Å². The van der Waals surface area contributed by atoms with E-state index in [9.17, 15) is 0 Å². The van der Waals surface area contributed by atoms with Gasteiger partial charge in [-0.1, -0.05) is 39.0 Å². The van der Waals surface area contributed by atoms with E-state index in [4.69, 9.17) is 4.74 Å². The van der Waals surface area contributed by atoms with Crippen LogP contribution in [0.1, 0.15) is 45.4 Å². The van der Waals surface area contributed by atoms with E-state index in [1.54, 1.807) is 0 Å². The van der Waals surface area contributed by atoms with Crippen molar-refractivity contribution < 1.29 is 4.74 Å². The van der Waals surface area contributed by atoms with Crippen LogP contribution in [-0.4, -0.2) is 13.2 Å². The molecule has 0 aromatic heterocycles. The SMILES string of the molecule is CC1CCOCC1C1CCCCC1. The zero-order valence-electron chi connectivity index (χ0n) is 8.80. The van der Waals surface area contributed by atoms with E-state index in [-0.39, 0.29) is 0 Å². The molecule has 0 aromatic carbocycles. The molecule has 76 valence electrons. The molecule has 0 N–H and O–H groups in total. The van der Waals surface area contributed by atoms with Crippen molar-refractivity contribution in [3.63, 3.8) is 0 Å². The molecule has 1 saturated heterocycles. The zero-order chi connectivity index (χ0) is 9.10. The molecule has 2 fully saturated rings. The molecule has 2 unspecified atom stereocenters. The van der Waals surface area contributed by atoms with Gasteiger partial charge < -0.3 is 4.74 Å².